The van der Waals surface area contributed by atoms with Crippen LogP contribution in [0.25, 0.3) is 0 Å². The molecule has 4 heteroatoms. The molecular weight excluding hydrogens is 302 g/mol. The minimum absolute atomic E-state index is 0. The molecule has 22 valence electrons. The summed E-state index contributed by atoms with van der Waals surface area (Å²) < 4.78 is 0. The largest absolute Gasteiger partial charge is 0.380 e. The molecule has 0 aliphatic rings. The molecule has 0 spiro atoms. The molecule has 0 aromatic rings. The van der Waals surface area contributed by atoms with E-state index in [9.17, 15) is 0 Å². The Kier molecular flexibility index (Phi) is 87.1. The third-order valence-corrected chi connectivity index (χ3v) is 0. The quantitative estimate of drug-likeness (QED) is 0.467. The molecule has 1 nitrogen and oxygen atoms in total. The van der Waals surface area contributed by atoms with E-state index in [1.54, 1.807) is 0 Å². The van der Waals surface area contributed by atoms with Crippen LogP contribution in [-0.2, 0) is 18.6 Å². The summed E-state index contributed by atoms with van der Waals surface area (Å²) in [7, 11) is 1.42. The van der Waals surface area contributed by atoms with Crippen LogP contribution in [0.3, 0.4) is 0 Å². The second-order valence-corrected chi connectivity index (χ2v) is 0. The van der Waals surface area contributed by atoms with Gasteiger partial charge in [-0.25, -0.2) is 0 Å². The van der Waals surface area contributed by atoms with Gasteiger partial charge in [-0.05, 0) is 9.47 Å². The molecular formula is H3OPTlV. The summed E-state index contributed by atoms with van der Waals surface area (Å²) in [4.78, 5) is 6.92. The first kappa shape index (κ1) is 16.9. The van der Waals surface area contributed by atoms with E-state index in [1.165, 1.54) is 9.47 Å². The van der Waals surface area contributed by atoms with Gasteiger partial charge in [-0.15, -0.1) is 0 Å². The minimum Gasteiger partial charge on any atom is -0.380 e. The predicted molar refractivity (Wildman–Crippen MR) is 17.7 cm³/mol. The molecule has 2 radical (unpaired) electrons. The van der Waals surface area contributed by atoms with Crippen molar-refractivity contribution in [3.05, 3.63) is 0 Å². The summed E-state index contributed by atoms with van der Waals surface area (Å²) in [5.41, 5.74) is 0. The Morgan fingerprint density at radius 2 is 1.25 bits per heavy atom. The molecule has 0 aliphatic heterocycles. The molecule has 0 bridgehead atoms. The minimum atomic E-state index is 0. The van der Waals surface area contributed by atoms with E-state index in [0.717, 1.165) is 0 Å². The molecule has 1 atom stereocenters. The van der Waals surface area contributed by atoms with E-state index in [2.05, 4.69) is 0 Å². The molecule has 0 aromatic carbocycles. The van der Waals surface area contributed by atoms with Crippen LogP contribution in [-0.4, -0.2) is 32.2 Å². The Morgan fingerprint density at radius 1 is 1.25 bits per heavy atom. The fraction of sp³-hybridized carbons (Fsp3) is 0. The molecule has 1 unspecified atom stereocenters. The van der Waals surface area contributed by atoms with Crippen LogP contribution >= 0.6 is 9.47 Å². The average molecular weight is 305 g/mol. The molecule has 0 heterocycles. The second-order valence-electron chi connectivity index (χ2n) is 0. The van der Waals surface area contributed by atoms with Gasteiger partial charge in [-0.3, -0.25) is 0 Å². The van der Waals surface area contributed by atoms with Crippen LogP contribution in [0.2, 0.25) is 0 Å². The first-order valence-corrected chi connectivity index (χ1v) is 0.775. The first-order valence-electron chi connectivity index (χ1n) is 0.258. The molecule has 0 aromatic heterocycles. The third-order valence-electron chi connectivity index (χ3n) is 0. The normalized spacial score (nSPS) is 1.50. The zero-order valence-electron chi connectivity index (χ0n) is 2.05. The summed E-state index contributed by atoms with van der Waals surface area (Å²) >= 11 is 0. The monoisotopic (exact) mass is 306 g/mol. The second kappa shape index (κ2) is 20.7. The average Bonchev–Trinajstić information content (AvgIpc) is 1.00. The molecule has 0 aliphatic carbocycles. The topological polar surface area (TPSA) is 20.2 Å². The van der Waals surface area contributed by atoms with Gasteiger partial charge in [-0.2, -0.15) is 0 Å². The fourth-order valence-corrected chi connectivity index (χ4v) is 0. The third kappa shape index (κ3) is 9.09. The molecule has 1 N–H and O–H groups in total. The fourth-order valence-electron chi connectivity index (χ4n) is 0. The Balaban J connectivity index is -0.00000000500. The van der Waals surface area contributed by atoms with Gasteiger partial charge in [0.15, 0.2) is 0 Å². The zero-order chi connectivity index (χ0) is 2.00. The van der Waals surface area contributed by atoms with Gasteiger partial charge in [0.25, 0.3) is 0 Å². The molecule has 0 saturated carbocycles. The van der Waals surface area contributed by atoms with Crippen molar-refractivity contribution in [2.75, 3.05) is 0 Å². The van der Waals surface area contributed by atoms with Crippen molar-refractivity contribution in [2.45, 2.75) is 0 Å². The molecule has 4 heavy (non-hydrogen) atoms. The van der Waals surface area contributed by atoms with E-state index < -0.39 is 0 Å². The van der Waals surface area contributed by atoms with Gasteiger partial charge in [0.05, 0.1) is 0 Å². The van der Waals surface area contributed by atoms with Crippen molar-refractivity contribution >= 4 is 36.8 Å². The van der Waals surface area contributed by atoms with Crippen LogP contribution in [0.4, 0.5) is 0 Å². The van der Waals surface area contributed by atoms with Crippen LogP contribution < -0.4 is 0 Å². The van der Waals surface area contributed by atoms with Crippen molar-refractivity contribution in [3.8, 4) is 0 Å². The van der Waals surface area contributed by atoms with Crippen molar-refractivity contribution < 1.29 is 23.4 Å². The van der Waals surface area contributed by atoms with Gasteiger partial charge in [0.2, 0.25) is 0 Å². The van der Waals surface area contributed by atoms with E-state index in [-0.39, 0.29) is 45.9 Å². The maximum Gasteiger partial charge on any atom is 0 e. The van der Waals surface area contributed by atoms with Gasteiger partial charge in [0, 0.05) is 45.9 Å². The van der Waals surface area contributed by atoms with Crippen molar-refractivity contribution in [2.24, 2.45) is 0 Å². The Bertz CT molecular complexity index is 8.00. The maximum absolute atomic E-state index is 6.92. The smallest absolute Gasteiger partial charge is 0 e. The van der Waals surface area contributed by atoms with E-state index >= 15 is 0 Å². The first-order chi connectivity index (χ1) is 1.00. The van der Waals surface area contributed by atoms with E-state index in [4.69, 9.17) is 4.89 Å². The Labute approximate surface area is 59.9 Å². The van der Waals surface area contributed by atoms with Gasteiger partial charge in [0.1, 0.15) is 0 Å². The number of hydrogen-bond acceptors (Lipinski definition) is 1. The number of rotatable bonds is 0. The standard InChI is InChI=1S/H3OP.Tl.V/c1-2;;/h1H,2H2;;. The van der Waals surface area contributed by atoms with E-state index in [1.807, 2.05) is 0 Å². The van der Waals surface area contributed by atoms with Crippen molar-refractivity contribution in [1.29, 1.82) is 0 Å². The van der Waals surface area contributed by atoms with Gasteiger partial charge < -0.3 is 4.89 Å². The zero-order valence-corrected chi connectivity index (χ0v) is 9.09. The summed E-state index contributed by atoms with van der Waals surface area (Å²) in [6.07, 6.45) is 0. The Hall–Kier alpha value is 1.90. The Morgan fingerprint density at radius 3 is 1.25 bits per heavy atom. The summed E-state index contributed by atoms with van der Waals surface area (Å²) in [5.74, 6) is 0. The van der Waals surface area contributed by atoms with Crippen LogP contribution in [0.1, 0.15) is 0 Å². The van der Waals surface area contributed by atoms with Crippen LogP contribution in [0, 0.1) is 0 Å². The molecule has 0 amide bonds. The predicted octanol–water partition coefficient (Wildman–Crippen LogP) is -0.615. The molecule has 0 saturated heterocycles. The maximum atomic E-state index is 6.92. The van der Waals surface area contributed by atoms with E-state index in [0.29, 0.717) is 0 Å². The van der Waals surface area contributed by atoms with Gasteiger partial charge in [-0.1, -0.05) is 0 Å². The summed E-state index contributed by atoms with van der Waals surface area (Å²) in [6, 6.07) is 0. The van der Waals surface area contributed by atoms with Gasteiger partial charge >= 0.3 is 0 Å². The SMILES string of the molecule is OP.[Tl].[V]. The van der Waals surface area contributed by atoms with Crippen LogP contribution in [0.5, 0.6) is 0 Å². The summed E-state index contributed by atoms with van der Waals surface area (Å²) in [5, 5.41) is 0. The molecule has 0 rings (SSSR count). The number of hydrogen-bond donors (Lipinski definition) is 1. The van der Waals surface area contributed by atoms with Crippen molar-refractivity contribution in [1.82, 2.24) is 0 Å². The summed E-state index contributed by atoms with van der Waals surface area (Å²) in [6.45, 7) is 0. The van der Waals surface area contributed by atoms with Crippen LogP contribution in [0.15, 0.2) is 0 Å². The molecule has 0 fully saturated rings. The van der Waals surface area contributed by atoms with Crippen molar-refractivity contribution in [3.63, 3.8) is 0 Å².